The molecule has 1 aliphatic heterocycles. The zero-order chi connectivity index (χ0) is 16.1. The molecular formula is C18H25NO4. The van der Waals surface area contributed by atoms with Crippen LogP contribution in [0.15, 0.2) is 30.3 Å². The Bertz CT molecular complexity index is 493. The van der Waals surface area contributed by atoms with E-state index in [1.807, 2.05) is 30.3 Å². The molecule has 0 aromatic heterocycles. The zero-order valence-electron chi connectivity index (χ0n) is 13.4. The molecule has 1 saturated carbocycles. The van der Waals surface area contributed by atoms with Gasteiger partial charge in [-0.15, -0.1) is 0 Å². The highest BCUT2D eigenvalue weighted by atomic mass is 16.6. The molecule has 1 heterocycles. The maximum Gasteiger partial charge on any atom is 0.410 e. The predicted molar refractivity (Wildman–Crippen MR) is 85.9 cm³/mol. The van der Waals surface area contributed by atoms with Crippen LogP contribution in [0.25, 0.3) is 0 Å². The molecule has 1 N–H and O–H groups in total. The number of hydrogen-bond acceptors (Lipinski definition) is 4. The maximum atomic E-state index is 12.1. The highest BCUT2D eigenvalue weighted by Crippen LogP contribution is 2.32. The molecule has 1 aliphatic carbocycles. The minimum Gasteiger partial charge on any atom is -0.445 e. The van der Waals surface area contributed by atoms with Gasteiger partial charge in [0.15, 0.2) is 0 Å². The Morgan fingerprint density at radius 2 is 1.83 bits per heavy atom. The number of nitrogens with zero attached hydrogens (tertiary/aromatic N) is 1. The van der Waals surface area contributed by atoms with Gasteiger partial charge in [0.1, 0.15) is 6.61 Å². The lowest BCUT2D eigenvalue weighted by Gasteiger charge is -2.39. The molecule has 0 spiro atoms. The fourth-order valence-electron chi connectivity index (χ4n) is 3.19. The van der Waals surface area contributed by atoms with E-state index in [1.165, 1.54) is 0 Å². The number of rotatable bonds is 5. The van der Waals surface area contributed by atoms with E-state index in [2.05, 4.69) is 0 Å². The van der Waals surface area contributed by atoms with Gasteiger partial charge in [0.25, 0.3) is 0 Å². The van der Waals surface area contributed by atoms with Crippen molar-refractivity contribution in [3.8, 4) is 0 Å². The summed E-state index contributed by atoms with van der Waals surface area (Å²) in [5.41, 5.74) is 1.00. The molecule has 1 amide bonds. The lowest BCUT2D eigenvalue weighted by molar-refractivity contribution is -0.0996. The second kappa shape index (κ2) is 7.79. The number of hydrogen-bond donors (Lipinski definition) is 1. The van der Waals surface area contributed by atoms with E-state index in [0.717, 1.165) is 31.2 Å². The van der Waals surface area contributed by atoms with Gasteiger partial charge >= 0.3 is 6.09 Å². The molecular weight excluding hydrogens is 294 g/mol. The third-order valence-corrected chi connectivity index (χ3v) is 4.74. The number of piperidine rings is 1. The fraction of sp³-hybridized carbons (Fsp3) is 0.611. The molecule has 23 heavy (non-hydrogen) atoms. The van der Waals surface area contributed by atoms with Gasteiger partial charge in [-0.3, -0.25) is 0 Å². The third-order valence-electron chi connectivity index (χ3n) is 4.74. The van der Waals surface area contributed by atoms with E-state index in [1.54, 1.807) is 4.90 Å². The topological polar surface area (TPSA) is 59.0 Å². The summed E-state index contributed by atoms with van der Waals surface area (Å²) < 4.78 is 11.4. The molecule has 2 aliphatic rings. The Balaban J connectivity index is 1.34. The SMILES string of the molecule is O=C(OCc1ccccc1)N1CCC(O[C@H]2C[C@H](CO)C2)CC1. The van der Waals surface area contributed by atoms with Crippen LogP contribution in [0.2, 0.25) is 0 Å². The van der Waals surface area contributed by atoms with Gasteiger partial charge in [0.05, 0.1) is 12.2 Å². The molecule has 0 atom stereocenters. The molecule has 3 rings (SSSR count). The molecule has 0 unspecified atom stereocenters. The van der Waals surface area contributed by atoms with Gasteiger partial charge in [-0.25, -0.2) is 4.79 Å². The summed E-state index contributed by atoms with van der Waals surface area (Å²) >= 11 is 0. The van der Waals surface area contributed by atoms with Crippen molar-refractivity contribution in [1.82, 2.24) is 4.90 Å². The van der Waals surface area contributed by atoms with Crippen molar-refractivity contribution in [3.63, 3.8) is 0 Å². The van der Waals surface area contributed by atoms with E-state index in [0.29, 0.717) is 31.7 Å². The molecule has 5 heteroatoms. The molecule has 5 nitrogen and oxygen atoms in total. The number of carbonyl (C=O) groups is 1. The van der Waals surface area contributed by atoms with Gasteiger partial charge < -0.3 is 19.5 Å². The lowest BCUT2D eigenvalue weighted by atomic mass is 9.83. The number of aliphatic hydroxyl groups excluding tert-OH is 1. The highest BCUT2D eigenvalue weighted by molar-refractivity contribution is 5.67. The van der Waals surface area contributed by atoms with Crippen molar-refractivity contribution in [1.29, 1.82) is 0 Å². The number of aliphatic hydroxyl groups is 1. The molecule has 2 fully saturated rings. The minimum atomic E-state index is -0.240. The Morgan fingerprint density at radius 3 is 2.48 bits per heavy atom. The summed E-state index contributed by atoms with van der Waals surface area (Å²) in [5.74, 6) is 0.424. The Labute approximate surface area is 137 Å². The number of carbonyl (C=O) groups excluding carboxylic acids is 1. The van der Waals surface area contributed by atoms with Crippen LogP contribution in [0.5, 0.6) is 0 Å². The first kappa shape index (κ1) is 16.3. The van der Waals surface area contributed by atoms with Crippen LogP contribution < -0.4 is 0 Å². The van der Waals surface area contributed by atoms with Crippen molar-refractivity contribution < 1.29 is 19.4 Å². The summed E-state index contributed by atoms with van der Waals surface area (Å²) in [6, 6.07) is 9.72. The largest absolute Gasteiger partial charge is 0.445 e. The molecule has 0 radical (unpaired) electrons. The summed E-state index contributed by atoms with van der Waals surface area (Å²) in [6.45, 7) is 1.97. The van der Waals surface area contributed by atoms with E-state index in [9.17, 15) is 4.79 Å². The van der Waals surface area contributed by atoms with Gasteiger partial charge in [0.2, 0.25) is 0 Å². The van der Waals surface area contributed by atoms with Crippen molar-refractivity contribution in [2.24, 2.45) is 5.92 Å². The van der Waals surface area contributed by atoms with Gasteiger partial charge in [-0.2, -0.15) is 0 Å². The first-order chi connectivity index (χ1) is 11.2. The maximum absolute atomic E-state index is 12.1. The lowest BCUT2D eigenvalue weighted by Crippen LogP contribution is -2.44. The second-order valence-corrected chi connectivity index (χ2v) is 6.50. The van der Waals surface area contributed by atoms with E-state index in [4.69, 9.17) is 14.6 Å². The van der Waals surface area contributed by atoms with Gasteiger partial charge in [0, 0.05) is 19.7 Å². The standard InChI is InChI=1S/C18H25NO4/c20-12-15-10-17(11-15)23-16-6-8-19(9-7-16)18(21)22-13-14-4-2-1-3-5-14/h1-5,15-17,20H,6-13H2/t15-,17-. The first-order valence-corrected chi connectivity index (χ1v) is 8.46. The zero-order valence-corrected chi connectivity index (χ0v) is 13.4. The minimum absolute atomic E-state index is 0.234. The smallest absolute Gasteiger partial charge is 0.410 e. The quantitative estimate of drug-likeness (QED) is 0.906. The van der Waals surface area contributed by atoms with Gasteiger partial charge in [-0.1, -0.05) is 30.3 Å². The van der Waals surface area contributed by atoms with E-state index < -0.39 is 0 Å². The summed E-state index contributed by atoms with van der Waals surface area (Å²) in [5, 5.41) is 9.02. The highest BCUT2D eigenvalue weighted by Gasteiger charge is 2.33. The van der Waals surface area contributed by atoms with Crippen LogP contribution in [-0.2, 0) is 16.1 Å². The Morgan fingerprint density at radius 1 is 1.13 bits per heavy atom. The summed E-state index contributed by atoms with van der Waals surface area (Å²) in [4.78, 5) is 13.8. The predicted octanol–water partition coefficient (Wildman–Crippen LogP) is 2.58. The van der Waals surface area contributed by atoms with Crippen molar-refractivity contribution in [2.45, 2.75) is 44.5 Å². The van der Waals surface area contributed by atoms with E-state index >= 15 is 0 Å². The number of ether oxygens (including phenoxy) is 2. The average molecular weight is 319 g/mol. The molecule has 1 aromatic rings. The number of benzene rings is 1. The van der Waals surface area contributed by atoms with E-state index in [-0.39, 0.29) is 18.8 Å². The van der Waals surface area contributed by atoms with Crippen LogP contribution >= 0.6 is 0 Å². The first-order valence-electron chi connectivity index (χ1n) is 8.46. The van der Waals surface area contributed by atoms with Crippen molar-refractivity contribution >= 4 is 6.09 Å². The second-order valence-electron chi connectivity index (χ2n) is 6.50. The van der Waals surface area contributed by atoms with Crippen molar-refractivity contribution in [2.75, 3.05) is 19.7 Å². The monoisotopic (exact) mass is 319 g/mol. The van der Waals surface area contributed by atoms with Crippen LogP contribution in [-0.4, -0.2) is 48.0 Å². The molecule has 126 valence electrons. The van der Waals surface area contributed by atoms with Crippen LogP contribution in [0.4, 0.5) is 4.79 Å². The Kier molecular flexibility index (Phi) is 5.51. The number of amides is 1. The van der Waals surface area contributed by atoms with Crippen LogP contribution in [0, 0.1) is 5.92 Å². The average Bonchev–Trinajstić information content (AvgIpc) is 2.57. The normalized spacial score (nSPS) is 25.0. The van der Waals surface area contributed by atoms with Crippen LogP contribution in [0.1, 0.15) is 31.2 Å². The molecule has 0 bridgehead atoms. The van der Waals surface area contributed by atoms with Crippen LogP contribution in [0.3, 0.4) is 0 Å². The Hall–Kier alpha value is -1.59. The summed E-state index contributed by atoms with van der Waals surface area (Å²) in [7, 11) is 0. The molecule has 1 aromatic carbocycles. The fourth-order valence-corrected chi connectivity index (χ4v) is 3.19. The molecule has 1 saturated heterocycles. The number of likely N-dealkylation sites (tertiary alicyclic amines) is 1. The van der Waals surface area contributed by atoms with Gasteiger partial charge in [-0.05, 0) is 37.2 Å². The van der Waals surface area contributed by atoms with Crippen molar-refractivity contribution in [3.05, 3.63) is 35.9 Å². The third kappa shape index (κ3) is 4.45. The summed E-state index contributed by atoms with van der Waals surface area (Å²) in [6.07, 6.45) is 3.95.